The first-order valence-corrected chi connectivity index (χ1v) is 5.90. The van der Waals surface area contributed by atoms with Gasteiger partial charge in [-0.05, 0) is 25.2 Å². The number of piperidine rings is 2. The van der Waals surface area contributed by atoms with Crippen LogP contribution in [0, 0.1) is 5.92 Å². The van der Waals surface area contributed by atoms with E-state index in [4.69, 9.17) is 0 Å². The molecule has 0 radical (unpaired) electrons. The lowest BCUT2D eigenvalue weighted by Crippen LogP contribution is -2.58. The van der Waals surface area contributed by atoms with E-state index in [1.807, 2.05) is 0 Å². The van der Waals surface area contributed by atoms with Gasteiger partial charge in [-0.1, -0.05) is 29.5 Å². The highest BCUT2D eigenvalue weighted by molar-refractivity contribution is 14.1. The Morgan fingerprint density at radius 1 is 1.46 bits per heavy atom. The van der Waals surface area contributed by atoms with Crippen LogP contribution in [-0.2, 0) is 0 Å². The maximum absolute atomic E-state index is 13.3. The van der Waals surface area contributed by atoms with Crippen LogP contribution in [0.2, 0.25) is 0 Å². The summed E-state index contributed by atoms with van der Waals surface area (Å²) >= 11 is 2.21. The van der Waals surface area contributed by atoms with Crippen molar-refractivity contribution in [3.8, 4) is 0 Å². The Labute approximate surface area is 91.6 Å². The van der Waals surface area contributed by atoms with E-state index in [2.05, 4.69) is 29.5 Å². The highest BCUT2D eigenvalue weighted by Crippen LogP contribution is 2.47. The van der Waals surface area contributed by atoms with Crippen molar-refractivity contribution in [3.05, 3.63) is 0 Å². The Bertz CT molecular complexity index is 200. The summed E-state index contributed by atoms with van der Waals surface area (Å²) in [4.78, 5) is 0. The molecule has 4 heteroatoms. The average Bonchev–Trinajstić information content (AvgIpc) is 1.95. The molecular formula is C9H15FINO. The molecule has 0 amide bonds. The molecule has 1 N–H and O–H groups in total. The molecule has 0 saturated carbocycles. The van der Waals surface area contributed by atoms with Crippen molar-refractivity contribution in [2.45, 2.75) is 48.4 Å². The minimum atomic E-state index is -0.724. The van der Waals surface area contributed by atoms with Gasteiger partial charge in [0.05, 0.1) is 0 Å². The van der Waals surface area contributed by atoms with Gasteiger partial charge in [0, 0.05) is 12.5 Å². The molecule has 2 bridgehead atoms. The molecule has 13 heavy (non-hydrogen) atoms. The minimum absolute atomic E-state index is 0.0457. The van der Waals surface area contributed by atoms with E-state index < -0.39 is 6.17 Å². The molecule has 0 spiro atoms. The number of nitrogens with zero attached hydrogens (tertiary/aromatic N) is 1. The van der Waals surface area contributed by atoms with Crippen molar-refractivity contribution >= 4 is 22.6 Å². The molecule has 2 aliphatic rings. The van der Waals surface area contributed by atoms with E-state index in [1.165, 1.54) is 5.06 Å². The zero-order chi connectivity index (χ0) is 9.64. The number of fused-ring (bicyclic) bond motifs is 2. The van der Waals surface area contributed by atoms with Gasteiger partial charge in [0.1, 0.15) is 9.72 Å². The quantitative estimate of drug-likeness (QED) is 0.422. The summed E-state index contributed by atoms with van der Waals surface area (Å²) in [5.41, 5.74) is 0. The third-order valence-electron chi connectivity index (χ3n) is 3.15. The van der Waals surface area contributed by atoms with Crippen LogP contribution in [0.5, 0.6) is 0 Å². The second kappa shape index (κ2) is 3.31. The van der Waals surface area contributed by atoms with Crippen LogP contribution >= 0.6 is 22.6 Å². The molecular weight excluding hydrogens is 284 g/mol. The Morgan fingerprint density at radius 3 is 2.77 bits per heavy atom. The smallest absolute Gasteiger partial charge is 0.104 e. The Kier molecular flexibility index (Phi) is 2.57. The van der Waals surface area contributed by atoms with Crippen LogP contribution in [0.25, 0.3) is 0 Å². The van der Waals surface area contributed by atoms with E-state index >= 15 is 0 Å². The predicted octanol–water partition coefficient (Wildman–Crippen LogP) is 2.74. The number of hydrogen-bond donors (Lipinski definition) is 1. The fraction of sp³-hybridized carbons (Fsp3) is 1.00. The predicted molar refractivity (Wildman–Crippen MR) is 56.7 cm³/mol. The summed E-state index contributed by atoms with van der Waals surface area (Å²) < 4.78 is 13.0. The Morgan fingerprint density at radius 2 is 2.15 bits per heavy atom. The van der Waals surface area contributed by atoms with Crippen LogP contribution in [0.3, 0.4) is 0 Å². The van der Waals surface area contributed by atoms with Crippen molar-refractivity contribution in [2.24, 2.45) is 5.92 Å². The Hall–Kier alpha value is 0.580. The highest BCUT2D eigenvalue weighted by atomic mass is 127. The number of hydrogen-bond acceptors (Lipinski definition) is 2. The maximum atomic E-state index is 13.3. The second-order valence-electron chi connectivity index (χ2n) is 4.50. The summed E-state index contributed by atoms with van der Waals surface area (Å²) in [6.45, 7) is 2.19. The summed E-state index contributed by atoms with van der Waals surface area (Å²) in [5.74, 6) is 0.609. The van der Waals surface area contributed by atoms with E-state index in [1.54, 1.807) is 0 Å². The van der Waals surface area contributed by atoms with Crippen molar-refractivity contribution in [2.75, 3.05) is 0 Å². The molecule has 2 fully saturated rings. The van der Waals surface area contributed by atoms with Crippen molar-refractivity contribution in [1.29, 1.82) is 0 Å². The van der Waals surface area contributed by atoms with Crippen molar-refractivity contribution < 1.29 is 9.60 Å². The molecule has 0 aromatic rings. The highest BCUT2D eigenvalue weighted by Gasteiger charge is 2.49. The molecule has 2 saturated heterocycles. The van der Waals surface area contributed by atoms with Crippen LogP contribution in [0.15, 0.2) is 0 Å². The molecule has 0 aliphatic carbocycles. The summed E-state index contributed by atoms with van der Waals surface area (Å²) in [6.07, 6.45) is 2.09. The van der Waals surface area contributed by atoms with Gasteiger partial charge in [-0.2, -0.15) is 5.06 Å². The lowest BCUT2D eigenvalue weighted by atomic mass is 9.80. The molecule has 76 valence electrons. The largest absolute Gasteiger partial charge is 0.312 e. The molecule has 4 atom stereocenters. The monoisotopic (exact) mass is 299 g/mol. The van der Waals surface area contributed by atoms with Gasteiger partial charge in [0.15, 0.2) is 0 Å². The van der Waals surface area contributed by atoms with E-state index in [0.29, 0.717) is 18.8 Å². The molecule has 0 aromatic heterocycles. The molecule has 4 unspecified atom stereocenters. The number of alkyl halides is 2. The van der Waals surface area contributed by atoms with Crippen LogP contribution in [0.4, 0.5) is 4.39 Å². The van der Waals surface area contributed by atoms with Gasteiger partial charge < -0.3 is 5.21 Å². The zero-order valence-electron chi connectivity index (χ0n) is 7.71. The number of hydroxylamine groups is 2. The third kappa shape index (κ3) is 1.72. The molecule has 2 nitrogen and oxygen atoms in total. The van der Waals surface area contributed by atoms with Crippen molar-refractivity contribution in [1.82, 2.24) is 5.06 Å². The second-order valence-corrected chi connectivity index (χ2v) is 6.51. The van der Waals surface area contributed by atoms with Gasteiger partial charge in [-0.15, -0.1) is 0 Å². The van der Waals surface area contributed by atoms with Gasteiger partial charge >= 0.3 is 0 Å². The van der Waals surface area contributed by atoms with Gasteiger partial charge in [0.25, 0.3) is 0 Å². The normalized spacial score (nSPS) is 52.2. The fourth-order valence-corrected chi connectivity index (χ4v) is 4.32. The zero-order valence-corrected chi connectivity index (χ0v) is 9.87. The number of halogens is 2. The first-order chi connectivity index (χ1) is 6.01. The minimum Gasteiger partial charge on any atom is -0.312 e. The topological polar surface area (TPSA) is 23.5 Å². The molecule has 2 heterocycles. The van der Waals surface area contributed by atoms with Crippen LogP contribution < -0.4 is 0 Å². The summed E-state index contributed by atoms with van der Waals surface area (Å²) in [7, 11) is 0. The van der Waals surface area contributed by atoms with Gasteiger partial charge in [0.2, 0.25) is 0 Å². The maximum Gasteiger partial charge on any atom is 0.104 e. The van der Waals surface area contributed by atoms with Gasteiger partial charge in [-0.3, -0.25) is 0 Å². The molecule has 2 aliphatic heterocycles. The Balaban J connectivity index is 2.20. The lowest BCUT2D eigenvalue weighted by molar-refractivity contribution is -0.218. The van der Waals surface area contributed by atoms with Gasteiger partial charge in [-0.25, -0.2) is 4.39 Å². The molecule has 2 rings (SSSR count). The third-order valence-corrected chi connectivity index (χ3v) is 4.53. The van der Waals surface area contributed by atoms with E-state index in [0.717, 1.165) is 12.8 Å². The first-order valence-electron chi connectivity index (χ1n) is 4.82. The van der Waals surface area contributed by atoms with Crippen LogP contribution in [0.1, 0.15) is 32.6 Å². The van der Waals surface area contributed by atoms with Crippen molar-refractivity contribution in [3.63, 3.8) is 0 Å². The van der Waals surface area contributed by atoms with E-state index in [9.17, 15) is 9.60 Å². The fourth-order valence-electron chi connectivity index (χ4n) is 2.69. The number of rotatable bonds is 0. The first kappa shape index (κ1) is 10.1. The van der Waals surface area contributed by atoms with Crippen LogP contribution in [-0.4, -0.2) is 26.0 Å². The standard InChI is InChI=1S/C9H15FINO/c1-6-2-8-3-7(10)5-9(11,4-6)12(8)13/h6-8,13H,2-5H2,1H3. The SMILES string of the molecule is CC1CC2CC(F)CC(I)(C1)N2O. The van der Waals surface area contributed by atoms with E-state index in [-0.39, 0.29) is 9.59 Å². The summed E-state index contributed by atoms with van der Waals surface area (Å²) in [5, 5.41) is 11.2. The lowest BCUT2D eigenvalue weighted by Gasteiger charge is -2.51. The molecule has 0 aromatic carbocycles. The average molecular weight is 299 g/mol. The summed E-state index contributed by atoms with van der Waals surface area (Å²) in [6, 6.07) is 0.0457.